The number of aryl methyl sites for hydroxylation is 1. The number of aromatic nitrogens is 3. The average Bonchev–Trinajstić information content (AvgIpc) is 3.47. The van der Waals surface area contributed by atoms with Gasteiger partial charge in [0.05, 0.1) is 19.3 Å². The second-order valence-corrected chi connectivity index (χ2v) is 8.45. The highest BCUT2D eigenvalue weighted by Crippen LogP contribution is 2.31. The number of thiophene rings is 1. The summed E-state index contributed by atoms with van der Waals surface area (Å²) in [5.41, 5.74) is 3.49. The van der Waals surface area contributed by atoms with E-state index in [0.717, 1.165) is 69.3 Å². The van der Waals surface area contributed by atoms with E-state index in [1.54, 1.807) is 12.4 Å². The molecule has 2 aliphatic rings. The van der Waals surface area contributed by atoms with E-state index in [-0.39, 0.29) is 0 Å². The summed E-state index contributed by atoms with van der Waals surface area (Å²) < 4.78 is 5.57. The van der Waals surface area contributed by atoms with Crippen molar-refractivity contribution in [1.29, 1.82) is 0 Å². The third kappa shape index (κ3) is 4.03. The van der Waals surface area contributed by atoms with Crippen molar-refractivity contribution in [2.24, 2.45) is 0 Å². The van der Waals surface area contributed by atoms with Gasteiger partial charge in [0.1, 0.15) is 5.82 Å². The minimum atomic E-state index is 0.329. The van der Waals surface area contributed by atoms with Gasteiger partial charge in [0, 0.05) is 53.7 Å². The SMILES string of the molecule is c1csc(C(CNc2nc(-c3ccncc3)nc3c2CCC3)N2CCOCC2)c1. The Morgan fingerprint density at radius 2 is 1.97 bits per heavy atom. The predicted molar refractivity (Wildman–Crippen MR) is 115 cm³/mol. The summed E-state index contributed by atoms with van der Waals surface area (Å²) in [5, 5.41) is 5.86. The van der Waals surface area contributed by atoms with Crippen LogP contribution in [0, 0.1) is 0 Å². The zero-order valence-corrected chi connectivity index (χ0v) is 17.2. The molecule has 3 aromatic rings. The van der Waals surface area contributed by atoms with E-state index in [9.17, 15) is 0 Å². The third-order valence-electron chi connectivity index (χ3n) is 5.69. The molecule has 0 saturated carbocycles. The Bertz CT molecular complexity index is 941. The number of hydrogen-bond donors (Lipinski definition) is 1. The number of hydrogen-bond acceptors (Lipinski definition) is 7. The summed E-state index contributed by atoms with van der Waals surface area (Å²) in [6, 6.07) is 8.65. The number of anilines is 1. The van der Waals surface area contributed by atoms with Crippen molar-refractivity contribution in [2.45, 2.75) is 25.3 Å². The molecule has 4 heterocycles. The monoisotopic (exact) mass is 407 g/mol. The van der Waals surface area contributed by atoms with Crippen molar-refractivity contribution in [3.05, 3.63) is 58.2 Å². The summed E-state index contributed by atoms with van der Waals surface area (Å²) in [6.45, 7) is 4.37. The van der Waals surface area contributed by atoms with Crippen LogP contribution in [0.3, 0.4) is 0 Å². The fourth-order valence-electron chi connectivity index (χ4n) is 4.18. The Balaban J connectivity index is 1.42. The maximum Gasteiger partial charge on any atom is 0.161 e. The molecule has 0 amide bonds. The molecule has 29 heavy (non-hydrogen) atoms. The first-order valence-electron chi connectivity index (χ1n) is 10.3. The van der Waals surface area contributed by atoms with Gasteiger partial charge in [-0.25, -0.2) is 9.97 Å². The number of fused-ring (bicyclic) bond motifs is 1. The second-order valence-electron chi connectivity index (χ2n) is 7.47. The minimum absolute atomic E-state index is 0.329. The first kappa shape index (κ1) is 18.7. The van der Waals surface area contributed by atoms with E-state index in [1.807, 2.05) is 23.5 Å². The molecule has 1 unspecified atom stereocenters. The van der Waals surface area contributed by atoms with E-state index >= 15 is 0 Å². The highest BCUT2D eigenvalue weighted by atomic mass is 32.1. The number of nitrogens with one attached hydrogen (secondary N) is 1. The molecule has 1 atom stereocenters. The number of rotatable bonds is 6. The van der Waals surface area contributed by atoms with Crippen molar-refractivity contribution >= 4 is 17.2 Å². The van der Waals surface area contributed by atoms with E-state index in [2.05, 4.69) is 32.7 Å². The summed E-state index contributed by atoms with van der Waals surface area (Å²) in [6.07, 6.45) is 6.82. The van der Waals surface area contributed by atoms with Crippen molar-refractivity contribution in [3.63, 3.8) is 0 Å². The van der Waals surface area contributed by atoms with Crippen LogP contribution in [0.2, 0.25) is 0 Å². The zero-order valence-electron chi connectivity index (χ0n) is 16.4. The summed E-state index contributed by atoms with van der Waals surface area (Å²) in [5.74, 6) is 1.78. The van der Waals surface area contributed by atoms with Crippen LogP contribution in [-0.4, -0.2) is 52.7 Å². The van der Waals surface area contributed by atoms with Crippen molar-refractivity contribution in [2.75, 3.05) is 38.2 Å². The molecule has 1 fully saturated rings. The molecular formula is C22H25N5OS. The van der Waals surface area contributed by atoms with Gasteiger partial charge in [-0.3, -0.25) is 9.88 Å². The second kappa shape index (κ2) is 8.57. The number of morpholine rings is 1. The Morgan fingerprint density at radius 3 is 2.76 bits per heavy atom. The number of ether oxygens (including phenoxy) is 1. The smallest absolute Gasteiger partial charge is 0.161 e. The molecular weight excluding hydrogens is 382 g/mol. The maximum absolute atomic E-state index is 5.57. The standard InChI is InChI=1S/C22H25N5OS/c1-3-17-18(4-1)25-21(16-6-8-23-9-7-16)26-22(17)24-15-19(20-5-2-14-29-20)27-10-12-28-13-11-27/h2,5-9,14,19H,1,3-4,10-13,15H2,(H,24,25,26). The Morgan fingerprint density at radius 1 is 1.10 bits per heavy atom. The first-order valence-corrected chi connectivity index (χ1v) is 11.2. The third-order valence-corrected chi connectivity index (χ3v) is 6.67. The van der Waals surface area contributed by atoms with Crippen LogP contribution < -0.4 is 5.32 Å². The highest BCUT2D eigenvalue weighted by Gasteiger charge is 2.25. The highest BCUT2D eigenvalue weighted by molar-refractivity contribution is 7.10. The van der Waals surface area contributed by atoms with Gasteiger partial charge in [0.15, 0.2) is 5.82 Å². The van der Waals surface area contributed by atoms with Gasteiger partial charge in [-0.1, -0.05) is 6.07 Å². The Hall–Kier alpha value is -2.35. The molecule has 1 saturated heterocycles. The van der Waals surface area contributed by atoms with Crippen molar-refractivity contribution in [3.8, 4) is 11.4 Å². The predicted octanol–water partition coefficient (Wildman–Crippen LogP) is 3.57. The van der Waals surface area contributed by atoms with Crippen molar-refractivity contribution in [1.82, 2.24) is 19.9 Å². The van der Waals surface area contributed by atoms with Crippen LogP contribution in [0.25, 0.3) is 11.4 Å². The molecule has 3 aromatic heterocycles. The van der Waals surface area contributed by atoms with Gasteiger partial charge in [-0.2, -0.15) is 0 Å². The molecule has 7 heteroatoms. The van der Waals surface area contributed by atoms with Crippen LogP contribution in [0.5, 0.6) is 0 Å². The molecule has 0 spiro atoms. The Kier molecular flexibility index (Phi) is 5.51. The van der Waals surface area contributed by atoms with Crippen LogP contribution in [0.4, 0.5) is 5.82 Å². The topological polar surface area (TPSA) is 63.2 Å². The zero-order chi connectivity index (χ0) is 19.5. The van der Waals surface area contributed by atoms with Crippen LogP contribution >= 0.6 is 11.3 Å². The lowest BCUT2D eigenvalue weighted by Gasteiger charge is -2.34. The molecule has 1 aliphatic heterocycles. The van der Waals surface area contributed by atoms with Crippen LogP contribution in [0.15, 0.2) is 42.0 Å². The van der Waals surface area contributed by atoms with Crippen LogP contribution in [-0.2, 0) is 17.6 Å². The number of pyridine rings is 1. The molecule has 1 aliphatic carbocycles. The fraction of sp³-hybridized carbons (Fsp3) is 0.409. The summed E-state index contributed by atoms with van der Waals surface area (Å²) in [4.78, 5) is 17.8. The summed E-state index contributed by atoms with van der Waals surface area (Å²) >= 11 is 1.82. The van der Waals surface area contributed by atoms with E-state index in [0.29, 0.717) is 6.04 Å². The van der Waals surface area contributed by atoms with E-state index in [4.69, 9.17) is 14.7 Å². The maximum atomic E-state index is 5.57. The van der Waals surface area contributed by atoms with Crippen molar-refractivity contribution < 1.29 is 4.74 Å². The average molecular weight is 408 g/mol. The molecule has 0 bridgehead atoms. The number of nitrogens with zero attached hydrogens (tertiary/aromatic N) is 4. The van der Waals surface area contributed by atoms with Gasteiger partial charge in [-0.15, -0.1) is 11.3 Å². The fourth-order valence-corrected chi connectivity index (χ4v) is 5.04. The van der Waals surface area contributed by atoms with Gasteiger partial charge in [0.2, 0.25) is 0 Å². The van der Waals surface area contributed by atoms with Crippen LogP contribution in [0.1, 0.15) is 28.6 Å². The molecule has 1 N–H and O–H groups in total. The minimum Gasteiger partial charge on any atom is -0.379 e. The lowest BCUT2D eigenvalue weighted by atomic mass is 10.1. The lowest BCUT2D eigenvalue weighted by Crippen LogP contribution is -2.41. The molecule has 0 aromatic carbocycles. The van der Waals surface area contributed by atoms with E-state index < -0.39 is 0 Å². The quantitative estimate of drug-likeness (QED) is 0.674. The molecule has 5 rings (SSSR count). The van der Waals surface area contributed by atoms with Gasteiger partial charge < -0.3 is 10.1 Å². The molecule has 0 radical (unpaired) electrons. The molecule has 6 nitrogen and oxygen atoms in total. The van der Waals surface area contributed by atoms with E-state index in [1.165, 1.54) is 16.1 Å². The normalized spacial score (nSPS) is 17.8. The van der Waals surface area contributed by atoms with Gasteiger partial charge in [0.25, 0.3) is 0 Å². The first-order chi connectivity index (χ1) is 14.4. The Labute approximate surface area is 175 Å². The molecule has 150 valence electrons. The lowest BCUT2D eigenvalue weighted by molar-refractivity contribution is 0.0194. The largest absolute Gasteiger partial charge is 0.379 e. The van der Waals surface area contributed by atoms with Gasteiger partial charge >= 0.3 is 0 Å². The summed E-state index contributed by atoms with van der Waals surface area (Å²) in [7, 11) is 0. The van der Waals surface area contributed by atoms with Gasteiger partial charge in [-0.05, 0) is 42.8 Å².